The fourth-order valence-electron chi connectivity index (χ4n) is 5.94. The lowest BCUT2D eigenvalue weighted by molar-refractivity contribution is -0.143. The summed E-state index contributed by atoms with van der Waals surface area (Å²) in [5.74, 6) is 3.06. The quantitative estimate of drug-likeness (QED) is 0.183. The zero-order valence-corrected chi connectivity index (χ0v) is 26.6. The van der Waals surface area contributed by atoms with Crippen molar-refractivity contribution in [1.82, 2.24) is 9.88 Å². The smallest absolute Gasteiger partial charge is 0.309 e. The summed E-state index contributed by atoms with van der Waals surface area (Å²) in [6, 6.07) is 12.7. The first kappa shape index (κ1) is 32.6. The number of aliphatic carboxylic acids is 1. The fraction of sp³-hybridized carbons (Fsp3) is 0.303. The molecule has 1 saturated heterocycles. The van der Waals surface area contributed by atoms with Gasteiger partial charge in [0.25, 0.3) is 5.91 Å². The molecule has 1 amide bonds. The Morgan fingerprint density at radius 2 is 1.74 bits per heavy atom. The van der Waals surface area contributed by atoms with E-state index in [4.69, 9.17) is 15.3 Å². The molecule has 0 spiro atoms. The highest BCUT2D eigenvalue weighted by atomic mass is 32.2. The third-order valence-corrected chi connectivity index (χ3v) is 10.6. The molecule has 4 aromatic rings. The molecule has 1 aliphatic rings. The van der Waals surface area contributed by atoms with Crippen molar-refractivity contribution in [2.24, 2.45) is 11.8 Å². The number of carbonyl (C=O) groups is 2. The number of hydrogen-bond acceptors (Lipinski definition) is 9. The summed E-state index contributed by atoms with van der Waals surface area (Å²) >= 11 is 0. The molecule has 11 nitrogen and oxygen atoms in total. The number of benzene rings is 3. The molecule has 2 unspecified atom stereocenters. The summed E-state index contributed by atoms with van der Waals surface area (Å²) in [5.41, 5.74) is 0.378. The maximum atomic E-state index is 15.9. The predicted octanol–water partition coefficient (Wildman–Crippen LogP) is 4.67. The number of hydrazine groups is 1. The molecular formula is C33H35FN4O7S. The van der Waals surface area contributed by atoms with E-state index in [2.05, 4.69) is 4.98 Å². The average molecular weight is 651 g/mol. The molecule has 3 N–H and O–H groups in total. The molecule has 13 heteroatoms. The molecule has 2 heterocycles. The maximum Gasteiger partial charge on any atom is 0.309 e. The second-order valence-corrected chi connectivity index (χ2v) is 13.8. The Balaban J connectivity index is 1.70. The van der Waals surface area contributed by atoms with Crippen molar-refractivity contribution in [3.8, 4) is 11.5 Å². The summed E-state index contributed by atoms with van der Waals surface area (Å²) in [6.07, 6.45) is 3.31. The molecule has 1 aliphatic heterocycles. The van der Waals surface area contributed by atoms with Gasteiger partial charge in [-0.15, -0.1) is 0 Å². The number of aromatic nitrogens is 1. The second kappa shape index (κ2) is 12.9. The fourth-order valence-corrected chi connectivity index (χ4v) is 7.23. The minimum atomic E-state index is -3.88. The number of anilines is 1. The summed E-state index contributed by atoms with van der Waals surface area (Å²) in [6.45, 7) is 3.01. The molecule has 3 atom stereocenters. The van der Waals surface area contributed by atoms with Crippen LogP contribution < -0.4 is 20.3 Å². The van der Waals surface area contributed by atoms with Crippen LogP contribution in [0.2, 0.25) is 0 Å². The van der Waals surface area contributed by atoms with Crippen molar-refractivity contribution in [3.05, 3.63) is 90.0 Å². The zero-order valence-electron chi connectivity index (χ0n) is 25.8. The van der Waals surface area contributed by atoms with Crippen LogP contribution in [0.25, 0.3) is 10.8 Å². The van der Waals surface area contributed by atoms with Crippen LogP contribution in [0, 0.1) is 11.7 Å². The second-order valence-electron chi connectivity index (χ2n) is 11.3. The van der Waals surface area contributed by atoms with Gasteiger partial charge < -0.3 is 19.5 Å². The topological polar surface area (TPSA) is 152 Å². The largest absolute Gasteiger partial charge is 0.493 e. The van der Waals surface area contributed by atoms with Gasteiger partial charge in [0.1, 0.15) is 5.82 Å². The summed E-state index contributed by atoms with van der Waals surface area (Å²) in [4.78, 5) is 32.7. The van der Waals surface area contributed by atoms with Gasteiger partial charge in [-0.3, -0.25) is 19.6 Å². The van der Waals surface area contributed by atoms with Crippen LogP contribution in [-0.4, -0.2) is 61.3 Å². The van der Waals surface area contributed by atoms with Crippen molar-refractivity contribution in [1.29, 1.82) is 0 Å². The Morgan fingerprint density at radius 1 is 1.04 bits per heavy atom. The number of likely N-dealkylation sites (tertiary alicyclic amines) is 1. The molecule has 0 bridgehead atoms. The van der Waals surface area contributed by atoms with Crippen LogP contribution in [0.3, 0.4) is 0 Å². The minimum Gasteiger partial charge on any atom is -0.493 e. The van der Waals surface area contributed by atoms with Gasteiger partial charge in [0.15, 0.2) is 27.4 Å². The maximum absolute atomic E-state index is 15.9. The molecule has 0 saturated carbocycles. The highest BCUT2D eigenvalue weighted by Gasteiger charge is 2.47. The Hall–Kier alpha value is -4.75. The molecule has 242 valence electrons. The number of sulfone groups is 1. The summed E-state index contributed by atoms with van der Waals surface area (Å²) in [5, 5.41) is 12.1. The van der Waals surface area contributed by atoms with E-state index in [0.29, 0.717) is 5.69 Å². The average Bonchev–Trinajstić information content (AvgIpc) is 3.50. The van der Waals surface area contributed by atoms with E-state index >= 15 is 4.39 Å². The van der Waals surface area contributed by atoms with E-state index in [1.54, 1.807) is 48.8 Å². The number of hydrogen-bond donors (Lipinski definition) is 2. The zero-order chi connectivity index (χ0) is 33.3. The number of carbonyl (C=O) groups excluding carboxylic acids is 1. The van der Waals surface area contributed by atoms with Gasteiger partial charge in [0.05, 0.1) is 42.0 Å². The Bertz CT molecular complexity index is 1900. The number of pyridine rings is 1. The van der Waals surface area contributed by atoms with Crippen molar-refractivity contribution in [2.45, 2.75) is 42.5 Å². The van der Waals surface area contributed by atoms with Gasteiger partial charge in [0, 0.05) is 36.0 Å². The molecule has 1 fully saturated rings. The molecule has 5 rings (SSSR count). The number of methoxy groups -OCH3 is 2. The number of nitrogens with zero attached hydrogens (tertiary/aromatic N) is 3. The number of nitrogens with two attached hydrogens (primary N) is 1. The van der Waals surface area contributed by atoms with Gasteiger partial charge in [0.2, 0.25) is 0 Å². The lowest BCUT2D eigenvalue weighted by Gasteiger charge is -2.36. The van der Waals surface area contributed by atoms with Crippen molar-refractivity contribution < 1.29 is 37.0 Å². The molecule has 0 aliphatic carbocycles. The number of rotatable bonds is 10. The summed E-state index contributed by atoms with van der Waals surface area (Å²) < 4.78 is 53.5. The predicted molar refractivity (Wildman–Crippen MR) is 170 cm³/mol. The number of amides is 1. The van der Waals surface area contributed by atoms with Gasteiger partial charge in [-0.2, -0.15) is 0 Å². The normalized spacial score (nSPS) is 17.2. The van der Waals surface area contributed by atoms with Gasteiger partial charge in [-0.25, -0.2) is 18.7 Å². The Morgan fingerprint density at radius 3 is 2.41 bits per heavy atom. The number of fused-ring (bicyclic) bond motifs is 1. The van der Waals surface area contributed by atoms with Crippen LogP contribution in [0.5, 0.6) is 11.5 Å². The van der Waals surface area contributed by atoms with Crippen LogP contribution in [0.1, 0.15) is 43.5 Å². The molecular weight excluding hydrogens is 615 g/mol. The van der Waals surface area contributed by atoms with E-state index in [1.165, 1.54) is 51.2 Å². The number of ether oxygens (including phenoxy) is 2. The number of carboxylic acids is 1. The van der Waals surface area contributed by atoms with E-state index < -0.39 is 50.8 Å². The van der Waals surface area contributed by atoms with Crippen LogP contribution in [0.4, 0.5) is 10.1 Å². The lowest BCUT2D eigenvalue weighted by atomic mass is 9.93. The first-order chi connectivity index (χ1) is 21.9. The van der Waals surface area contributed by atoms with E-state index in [9.17, 15) is 23.1 Å². The highest BCUT2D eigenvalue weighted by molar-refractivity contribution is 7.92. The first-order valence-electron chi connectivity index (χ1n) is 14.6. The number of carboxylic acid groups (broad SMARTS) is 1. The van der Waals surface area contributed by atoms with Gasteiger partial charge >= 0.3 is 5.97 Å². The van der Waals surface area contributed by atoms with Crippen LogP contribution in [0.15, 0.2) is 78.0 Å². The van der Waals surface area contributed by atoms with Gasteiger partial charge in [-0.1, -0.05) is 24.3 Å². The standard InChI is InChI=1S/C33H35FN4O7S/c1-19(2)46(42,43)29-8-6-5-7-23(29)30-24(33(40)41)12-14-37(30)32(39)31(25-16-27(44-3)28(45-4)17-26(25)34)38(35)22-10-9-21-18-36-13-11-20(21)15-22/h5-11,13,15-19,24,30-31H,12,14,35H2,1-4H3,(H,40,41)/t24?,30?,31-/m0/s1. The van der Waals surface area contributed by atoms with Crippen LogP contribution in [-0.2, 0) is 19.4 Å². The molecule has 0 radical (unpaired) electrons. The van der Waals surface area contributed by atoms with E-state index in [0.717, 1.165) is 21.8 Å². The van der Waals surface area contributed by atoms with Gasteiger partial charge in [-0.05, 0) is 61.5 Å². The first-order valence-corrected chi connectivity index (χ1v) is 16.1. The monoisotopic (exact) mass is 650 g/mol. The third-order valence-electron chi connectivity index (χ3n) is 8.39. The third kappa shape index (κ3) is 5.83. The molecule has 46 heavy (non-hydrogen) atoms. The Labute approximate surface area is 266 Å². The minimum absolute atomic E-state index is 0.0382. The molecule has 3 aromatic carbocycles. The Kier molecular flexibility index (Phi) is 9.17. The van der Waals surface area contributed by atoms with E-state index in [-0.39, 0.29) is 40.5 Å². The SMILES string of the molecule is COc1cc(F)c([C@@H](C(=O)N2CCC(C(=O)O)C2c2ccccc2S(=O)(=O)C(C)C)N(N)c2ccc3cnccc3c2)cc1OC. The number of halogens is 1. The summed E-state index contributed by atoms with van der Waals surface area (Å²) in [7, 11) is -1.16. The van der Waals surface area contributed by atoms with Crippen molar-refractivity contribution in [2.75, 3.05) is 25.8 Å². The van der Waals surface area contributed by atoms with Crippen LogP contribution >= 0.6 is 0 Å². The highest BCUT2D eigenvalue weighted by Crippen LogP contribution is 2.44. The van der Waals surface area contributed by atoms with E-state index in [1.807, 2.05) is 0 Å². The molecule has 1 aromatic heterocycles. The lowest BCUT2D eigenvalue weighted by Crippen LogP contribution is -2.47. The van der Waals surface area contributed by atoms with Crippen molar-refractivity contribution >= 4 is 38.2 Å². The van der Waals surface area contributed by atoms with Crippen molar-refractivity contribution in [3.63, 3.8) is 0 Å².